The fraction of sp³-hybridized carbons (Fsp3) is 0.500. The monoisotopic (exact) mass is 204 g/mol. The summed E-state index contributed by atoms with van der Waals surface area (Å²) in [6.45, 7) is 4.42. The van der Waals surface area contributed by atoms with E-state index in [1.807, 2.05) is 6.92 Å². The Hall–Kier alpha value is -1.56. The van der Waals surface area contributed by atoms with Gasteiger partial charge in [-0.15, -0.1) is 11.8 Å². The van der Waals surface area contributed by atoms with Gasteiger partial charge in [-0.2, -0.15) is 5.10 Å². The lowest BCUT2D eigenvalue weighted by Crippen LogP contribution is -1.97. The van der Waals surface area contributed by atoms with E-state index < -0.39 is 0 Å². The van der Waals surface area contributed by atoms with Crippen LogP contribution in [0.4, 0.5) is 0 Å². The van der Waals surface area contributed by atoms with Crippen molar-refractivity contribution in [3.8, 4) is 11.8 Å². The molecular weight excluding hydrogens is 188 g/mol. The van der Waals surface area contributed by atoms with Gasteiger partial charge in [-0.1, -0.05) is 6.92 Å². The lowest BCUT2D eigenvalue weighted by Gasteiger charge is -1.96. The average molecular weight is 204 g/mol. The summed E-state index contributed by atoms with van der Waals surface area (Å²) in [7, 11) is 0. The summed E-state index contributed by atoms with van der Waals surface area (Å²) in [5, 5.41) is 4.10. The standard InChI is InChI=1S/C12H16N2O/c1-3-4-5-6-7-8-14-10-12(9-13-14)11(2)15/h9-10H,3,6-8H2,1-2H3. The van der Waals surface area contributed by atoms with Crippen LogP contribution in [0.15, 0.2) is 12.4 Å². The Bertz CT molecular complexity index is 382. The van der Waals surface area contributed by atoms with Crippen molar-refractivity contribution >= 4 is 5.78 Å². The van der Waals surface area contributed by atoms with Crippen molar-refractivity contribution in [2.75, 3.05) is 0 Å². The molecule has 3 nitrogen and oxygen atoms in total. The molecule has 80 valence electrons. The largest absolute Gasteiger partial charge is 0.294 e. The second-order valence-corrected chi connectivity index (χ2v) is 3.36. The van der Waals surface area contributed by atoms with Gasteiger partial charge in [-0.05, 0) is 13.3 Å². The van der Waals surface area contributed by atoms with Crippen LogP contribution in [-0.2, 0) is 6.54 Å². The number of carbonyl (C=O) groups is 1. The van der Waals surface area contributed by atoms with Gasteiger partial charge in [0, 0.05) is 25.6 Å². The van der Waals surface area contributed by atoms with Crippen LogP contribution in [0.3, 0.4) is 0 Å². The van der Waals surface area contributed by atoms with Gasteiger partial charge < -0.3 is 0 Å². The Morgan fingerprint density at radius 1 is 1.53 bits per heavy atom. The van der Waals surface area contributed by atoms with Crippen molar-refractivity contribution in [1.29, 1.82) is 0 Å². The van der Waals surface area contributed by atoms with Gasteiger partial charge in [-0.25, -0.2) is 0 Å². The van der Waals surface area contributed by atoms with Gasteiger partial charge in [0.15, 0.2) is 5.78 Å². The molecule has 0 saturated carbocycles. The number of aryl methyl sites for hydroxylation is 1. The van der Waals surface area contributed by atoms with E-state index in [0.717, 1.165) is 25.8 Å². The molecule has 0 saturated heterocycles. The first kappa shape index (κ1) is 11.5. The second kappa shape index (κ2) is 6.02. The van der Waals surface area contributed by atoms with E-state index in [0.29, 0.717) is 5.56 Å². The number of ketones is 1. The van der Waals surface area contributed by atoms with Crippen LogP contribution in [0.5, 0.6) is 0 Å². The van der Waals surface area contributed by atoms with Crippen molar-refractivity contribution < 1.29 is 4.79 Å². The van der Waals surface area contributed by atoms with E-state index >= 15 is 0 Å². The Balaban J connectivity index is 2.35. The molecule has 0 atom stereocenters. The molecule has 1 aromatic rings. The molecular formula is C12H16N2O. The number of carbonyl (C=O) groups excluding carboxylic acids is 1. The molecule has 0 aliphatic heterocycles. The van der Waals surface area contributed by atoms with E-state index in [4.69, 9.17) is 0 Å². The minimum Gasteiger partial charge on any atom is -0.294 e. The van der Waals surface area contributed by atoms with Gasteiger partial charge >= 0.3 is 0 Å². The Morgan fingerprint density at radius 2 is 2.33 bits per heavy atom. The Morgan fingerprint density at radius 3 is 2.93 bits per heavy atom. The third kappa shape index (κ3) is 3.99. The van der Waals surface area contributed by atoms with E-state index in [2.05, 4.69) is 16.9 Å². The van der Waals surface area contributed by atoms with E-state index in [9.17, 15) is 4.79 Å². The number of Topliss-reactive ketones (excluding diaryl/α,β-unsaturated/α-hetero) is 1. The van der Waals surface area contributed by atoms with E-state index in [-0.39, 0.29) is 5.78 Å². The number of unbranched alkanes of at least 4 members (excludes halogenated alkanes) is 1. The zero-order chi connectivity index (χ0) is 11.1. The first-order valence-electron chi connectivity index (χ1n) is 5.23. The van der Waals surface area contributed by atoms with Crippen molar-refractivity contribution in [3.63, 3.8) is 0 Å². The number of rotatable bonds is 4. The smallest absolute Gasteiger partial charge is 0.162 e. The van der Waals surface area contributed by atoms with Gasteiger partial charge in [-0.3, -0.25) is 9.48 Å². The molecule has 0 aliphatic rings. The normalized spacial score (nSPS) is 9.47. The van der Waals surface area contributed by atoms with E-state index in [1.165, 1.54) is 0 Å². The second-order valence-electron chi connectivity index (χ2n) is 3.36. The maximum atomic E-state index is 11.0. The first-order chi connectivity index (χ1) is 7.24. The molecule has 0 fully saturated rings. The number of hydrogen-bond acceptors (Lipinski definition) is 2. The summed E-state index contributed by atoms with van der Waals surface area (Å²) in [5.41, 5.74) is 0.676. The highest BCUT2D eigenvalue weighted by molar-refractivity contribution is 5.93. The lowest BCUT2D eigenvalue weighted by molar-refractivity contribution is 0.101. The minimum absolute atomic E-state index is 0.0621. The molecule has 0 aliphatic carbocycles. The molecule has 0 spiro atoms. The minimum atomic E-state index is 0.0621. The van der Waals surface area contributed by atoms with Crippen molar-refractivity contribution in [2.24, 2.45) is 0 Å². The van der Waals surface area contributed by atoms with Crippen LogP contribution in [0.2, 0.25) is 0 Å². The van der Waals surface area contributed by atoms with Gasteiger partial charge in [0.2, 0.25) is 0 Å². The quantitative estimate of drug-likeness (QED) is 0.428. The predicted octanol–water partition coefficient (Wildman–Crippen LogP) is 2.28. The molecule has 1 rings (SSSR count). The zero-order valence-corrected chi connectivity index (χ0v) is 9.29. The SMILES string of the molecule is CCC#CCCCn1cc(C(C)=O)cn1. The molecule has 1 aromatic heterocycles. The summed E-state index contributed by atoms with van der Waals surface area (Å²) in [6, 6.07) is 0. The number of aromatic nitrogens is 2. The van der Waals surface area contributed by atoms with Crippen LogP contribution in [0.25, 0.3) is 0 Å². The number of nitrogens with zero attached hydrogens (tertiary/aromatic N) is 2. The van der Waals surface area contributed by atoms with Crippen LogP contribution in [0.1, 0.15) is 43.5 Å². The maximum absolute atomic E-state index is 11.0. The summed E-state index contributed by atoms with van der Waals surface area (Å²) in [4.78, 5) is 11.0. The lowest BCUT2D eigenvalue weighted by atomic mass is 10.2. The van der Waals surface area contributed by atoms with Crippen LogP contribution in [0, 0.1) is 11.8 Å². The third-order valence-electron chi connectivity index (χ3n) is 2.03. The van der Waals surface area contributed by atoms with E-state index in [1.54, 1.807) is 24.0 Å². The highest BCUT2D eigenvalue weighted by atomic mass is 16.1. The third-order valence-corrected chi connectivity index (χ3v) is 2.03. The highest BCUT2D eigenvalue weighted by Crippen LogP contribution is 2.00. The molecule has 0 N–H and O–H groups in total. The van der Waals surface area contributed by atoms with Crippen molar-refractivity contribution in [2.45, 2.75) is 39.7 Å². The molecule has 0 radical (unpaired) electrons. The van der Waals surface area contributed by atoms with Crippen LogP contribution >= 0.6 is 0 Å². The van der Waals surface area contributed by atoms with Crippen LogP contribution < -0.4 is 0 Å². The summed E-state index contributed by atoms with van der Waals surface area (Å²) in [5.74, 6) is 6.16. The average Bonchev–Trinajstić information content (AvgIpc) is 2.66. The predicted molar refractivity (Wildman–Crippen MR) is 59.5 cm³/mol. The number of hydrogen-bond donors (Lipinski definition) is 0. The fourth-order valence-electron chi connectivity index (χ4n) is 1.21. The highest BCUT2D eigenvalue weighted by Gasteiger charge is 2.01. The Labute approximate surface area is 90.5 Å². The van der Waals surface area contributed by atoms with Gasteiger partial charge in [0.1, 0.15) is 0 Å². The molecule has 0 unspecified atom stereocenters. The van der Waals surface area contributed by atoms with Gasteiger partial charge in [0.05, 0.1) is 11.8 Å². The summed E-state index contributed by atoms with van der Waals surface area (Å²) >= 11 is 0. The molecule has 0 amide bonds. The molecule has 0 aromatic carbocycles. The summed E-state index contributed by atoms with van der Waals surface area (Å²) in [6.07, 6.45) is 6.18. The Kier molecular flexibility index (Phi) is 4.62. The summed E-state index contributed by atoms with van der Waals surface area (Å²) < 4.78 is 1.80. The molecule has 0 bridgehead atoms. The first-order valence-corrected chi connectivity index (χ1v) is 5.23. The fourth-order valence-corrected chi connectivity index (χ4v) is 1.21. The molecule has 1 heterocycles. The van der Waals surface area contributed by atoms with Crippen molar-refractivity contribution in [3.05, 3.63) is 18.0 Å². The van der Waals surface area contributed by atoms with Crippen LogP contribution in [-0.4, -0.2) is 15.6 Å². The van der Waals surface area contributed by atoms with Gasteiger partial charge in [0.25, 0.3) is 0 Å². The maximum Gasteiger partial charge on any atom is 0.162 e. The topological polar surface area (TPSA) is 34.9 Å². The van der Waals surface area contributed by atoms with Crippen molar-refractivity contribution in [1.82, 2.24) is 9.78 Å². The molecule has 3 heteroatoms. The molecule has 15 heavy (non-hydrogen) atoms. The zero-order valence-electron chi connectivity index (χ0n) is 9.29.